The first-order chi connectivity index (χ1) is 13.9. The zero-order valence-corrected chi connectivity index (χ0v) is 18.3. The number of esters is 1. The van der Waals surface area contributed by atoms with Crippen LogP contribution in [0.4, 0.5) is 0 Å². The Bertz CT molecular complexity index is 852. The number of ether oxygens (including phenoxy) is 2. The van der Waals surface area contributed by atoms with Gasteiger partial charge in [-0.1, -0.05) is 57.0 Å². The van der Waals surface area contributed by atoms with Crippen LogP contribution in [-0.2, 0) is 9.53 Å². The summed E-state index contributed by atoms with van der Waals surface area (Å²) >= 11 is 6.35. The summed E-state index contributed by atoms with van der Waals surface area (Å²) in [6, 6.07) is 14.0. The second kappa shape index (κ2) is 9.64. The number of carbonyl (C=O) groups is 1. The maximum atomic E-state index is 11.9. The van der Waals surface area contributed by atoms with Crippen LogP contribution < -0.4 is 10.1 Å². The van der Waals surface area contributed by atoms with Gasteiger partial charge in [0.05, 0.1) is 5.92 Å². The second-order valence-corrected chi connectivity index (χ2v) is 8.40. The average Bonchev–Trinajstić information content (AvgIpc) is 2.81. The van der Waals surface area contributed by atoms with Crippen LogP contribution in [0.5, 0.6) is 11.5 Å². The Morgan fingerprint density at radius 1 is 1.10 bits per heavy atom. The van der Waals surface area contributed by atoms with Crippen molar-refractivity contribution in [3.63, 3.8) is 0 Å². The molecule has 3 rings (SSSR count). The van der Waals surface area contributed by atoms with Gasteiger partial charge in [0.15, 0.2) is 6.23 Å². The molecule has 0 spiro atoms. The fourth-order valence-electron chi connectivity index (χ4n) is 3.90. The summed E-state index contributed by atoms with van der Waals surface area (Å²) in [5.74, 6) is 1.80. The minimum atomic E-state index is -0.366. The van der Waals surface area contributed by atoms with Crippen LogP contribution in [0, 0.1) is 5.92 Å². The van der Waals surface area contributed by atoms with Crippen molar-refractivity contribution in [3.05, 3.63) is 58.6 Å². The van der Waals surface area contributed by atoms with E-state index in [0.29, 0.717) is 11.6 Å². The van der Waals surface area contributed by atoms with Gasteiger partial charge in [-0.3, -0.25) is 10.1 Å². The van der Waals surface area contributed by atoms with Crippen molar-refractivity contribution in [2.24, 2.45) is 5.92 Å². The van der Waals surface area contributed by atoms with E-state index in [0.717, 1.165) is 29.9 Å². The highest BCUT2D eigenvalue weighted by Gasteiger charge is 2.32. The average molecular weight is 416 g/mol. The fraction of sp³-hybridized carbons (Fsp3) is 0.458. The number of rotatable bonds is 7. The normalized spacial score (nSPS) is 19.0. The third kappa shape index (κ3) is 5.12. The van der Waals surface area contributed by atoms with Gasteiger partial charge in [0, 0.05) is 23.0 Å². The Labute approximate surface area is 178 Å². The van der Waals surface area contributed by atoms with Crippen molar-refractivity contribution in [2.75, 3.05) is 6.54 Å². The minimum absolute atomic E-state index is 0.146. The van der Waals surface area contributed by atoms with E-state index >= 15 is 0 Å². The summed E-state index contributed by atoms with van der Waals surface area (Å²) in [5, 5.41) is 4.10. The lowest BCUT2D eigenvalue weighted by Crippen LogP contribution is -2.36. The third-order valence-corrected chi connectivity index (χ3v) is 5.62. The summed E-state index contributed by atoms with van der Waals surface area (Å²) in [7, 11) is 0. The molecule has 0 saturated heterocycles. The van der Waals surface area contributed by atoms with Gasteiger partial charge in [0.1, 0.15) is 11.5 Å². The zero-order chi connectivity index (χ0) is 21.0. The van der Waals surface area contributed by atoms with E-state index in [1.165, 1.54) is 5.56 Å². The fourth-order valence-corrected chi connectivity index (χ4v) is 4.08. The molecular formula is C24H30ClNO3. The molecule has 29 heavy (non-hydrogen) atoms. The molecule has 156 valence electrons. The quantitative estimate of drug-likeness (QED) is 0.429. The highest BCUT2D eigenvalue weighted by atomic mass is 35.5. The van der Waals surface area contributed by atoms with Crippen molar-refractivity contribution in [1.82, 2.24) is 5.32 Å². The van der Waals surface area contributed by atoms with E-state index in [4.69, 9.17) is 21.1 Å². The lowest BCUT2D eigenvalue weighted by atomic mass is 9.78. The zero-order valence-electron chi connectivity index (χ0n) is 17.6. The summed E-state index contributed by atoms with van der Waals surface area (Å²) < 4.78 is 11.8. The molecule has 0 fully saturated rings. The molecule has 4 nitrogen and oxygen atoms in total. The molecule has 3 atom stereocenters. The summed E-state index contributed by atoms with van der Waals surface area (Å²) in [6.07, 6.45) is 1.72. The minimum Gasteiger partial charge on any atom is -0.457 e. The first kappa shape index (κ1) is 21.7. The van der Waals surface area contributed by atoms with E-state index in [9.17, 15) is 4.79 Å². The second-order valence-electron chi connectivity index (χ2n) is 7.97. The number of carbonyl (C=O) groups excluding carboxylic acids is 1. The molecule has 2 aromatic rings. The van der Waals surface area contributed by atoms with Gasteiger partial charge in [-0.2, -0.15) is 0 Å². The van der Waals surface area contributed by atoms with E-state index in [2.05, 4.69) is 24.4 Å². The number of hydrogen-bond acceptors (Lipinski definition) is 4. The molecule has 1 heterocycles. The lowest BCUT2D eigenvalue weighted by molar-refractivity contribution is -0.153. The summed E-state index contributed by atoms with van der Waals surface area (Å²) in [6.45, 7) is 8.40. The van der Waals surface area contributed by atoms with Crippen molar-refractivity contribution < 1.29 is 14.3 Å². The Morgan fingerprint density at radius 2 is 1.83 bits per heavy atom. The monoisotopic (exact) mass is 415 g/mol. The van der Waals surface area contributed by atoms with Gasteiger partial charge in [0.25, 0.3) is 0 Å². The van der Waals surface area contributed by atoms with E-state index < -0.39 is 0 Å². The van der Waals surface area contributed by atoms with Gasteiger partial charge in [-0.05, 0) is 49.1 Å². The van der Waals surface area contributed by atoms with Crippen LogP contribution in [0.3, 0.4) is 0 Å². The van der Waals surface area contributed by atoms with Crippen molar-refractivity contribution in [2.45, 2.75) is 58.6 Å². The molecule has 2 aromatic carbocycles. The first-order valence-corrected chi connectivity index (χ1v) is 10.8. The standard InChI is InChI=1S/C24H30ClNO3/c1-5-8-18-19-9-6-7-10-22(19)29-23-12-11-17(25)13-20(23)21(18)14-26-16(4)28-24(27)15(2)3/h6-7,9-13,15-16,18,21,26H,5,8,14H2,1-4H3. The van der Waals surface area contributed by atoms with E-state index in [1.54, 1.807) is 0 Å². The van der Waals surface area contributed by atoms with Gasteiger partial charge >= 0.3 is 5.97 Å². The van der Waals surface area contributed by atoms with Crippen molar-refractivity contribution in [3.8, 4) is 11.5 Å². The van der Waals surface area contributed by atoms with Gasteiger partial charge in [0.2, 0.25) is 0 Å². The number of nitrogens with one attached hydrogen (secondary N) is 1. The Hall–Kier alpha value is -2.04. The maximum Gasteiger partial charge on any atom is 0.309 e. The van der Waals surface area contributed by atoms with E-state index in [-0.39, 0.29) is 30.0 Å². The number of para-hydroxylation sites is 1. The predicted octanol–water partition coefficient (Wildman–Crippen LogP) is 6.25. The van der Waals surface area contributed by atoms with Crippen LogP contribution in [0.1, 0.15) is 63.5 Å². The van der Waals surface area contributed by atoms with Gasteiger partial charge in [-0.15, -0.1) is 0 Å². The smallest absolute Gasteiger partial charge is 0.309 e. The molecule has 1 N–H and O–H groups in total. The number of fused-ring (bicyclic) bond motifs is 2. The molecule has 0 aromatic heterocycles. The third-order valence-electron chi connectivity index (χ3n) is 5.38. The lowest BCUT2D eigenvalue weighted by Gasteiger charge is -2.28. The number of benzene rings is 2. The number of hydrogen-bond donors (Lipinski definition) is 1. The van der Waals surface area contributed by atoms with Crippen LogP contribution in [0.2, 0.25) is 5.02 Å². The van der Waals surface area contributed by atoms with Crippen LogP contribution >= 0.6 is 11.6 Å². The highest BCUT2D eigenvalue weighted by Crippen LogP contribution is 2.48. The largest absolute Gasteiger partial charge is 0.457 e. The molecule has 1 aliphatic heterocycles. The van der Waals surface area contributed by atoms with Gasteiger partial charge < -0.3 is 9.47 Å². The molecule has 0 radical (unpaired) electrons. The Balaban J connectivity index is 1.93. The molecule has 5 heteroatoms. The van der Waals surface area contributed by atoms with Crippen LogP contribution in [-0.4, -0.2) is 18.7 Å². The van der Waals surface area contributed by atoms with Crippen LogP contribution in [0.15, 0.2) is 42.5 Å². The molecule has 0 bridgehead atoms. The number of halogens is 1. The molecule has 3 unspecified atom stereocenters. The first-order valence-electron chi connectivity index (χ1n) is 10.4. The topological polar surface area (TPSA) is 47.6 Å². The highest BCUT2D eigenvalue weighted by molar-refractivity contribution is 6.30. The maximum absolute atomic E-state index is 11.9. The Kier molecular flexibility index (Phi) is 7.20. The van der Waals surface area contributed by atoms with Crippen molar-refractivity contribution >= 4 is 17.6 Å². The molecular weight excluding hydrogens is 386 g/mol. The van der Waals surface area contributed by atoms with E-state index in [1.807, 2.05) is 51.1 Å². The summed E-state index contributed by atoms with van der Waals surface area (Å²) in [5.41, 5.74) is 2.29. The molecule has 1 aliphatic rings. The predicted molar refractivity (Wildman–Crippen MR) is 117 cm³/mol. The van der Waals surface area contributed by atoms with Gasteiger partial charge in [-0.25, -0.2) is 0 Å². The molecule has 0 aliphatic carbocycles. The van der Waals surface area contributed by atoms with Crippen molar-refractivity contribution in [1.29, 1.82) is 0 Å². The SMILES string of the molecule is CCCC1c2ccccc2Oc2ccc(Cl)cc2C1CNC(C)OC(=O)C(C)C. The molecule has 0 saturated carbocycles. The van der Waals surface area contributed by atoms with Crippen LogP contribution in [0.25, 0.3) is 0 Å². The Morgan fingerprint density at radius 3 is 2.55 bits per heavy atom. The molecule has 0 amide bonds. The summed E-state index contributed by atoms with van der Waals surface area (Å²) in [4.78, 5) is 11.9.